The Morgan fingerprint density at radius 1 is 0.833 bits per heavy atom. The first kappa shape index (κ1) is 34.8. The molecule has 0 aliphatic heterocycles. The molecule has 0 aliphatic rings. The van der Waals surface area contributed by atoms with Gasteiger partial charge in [0.05, 0.1) is 16.9 Å². The molecule has 0 spiro atoms. The Bertz CT molecular complexity index is 2680. The smallest absolute Gasteiger partial charge is 0.168 e. The summed E-state index contributed by atoms with van der Waals surface area (Å²) >= 11 is 0. The zero-order valence-corrected chi connectivity index (χ0v) is 34.2. The van der Waals surface area contributed by atoms with Gasteiger partial charge in [0.15, 0.2) is 5.65 Å². The molecule has 0 aliphatic carbocycles. The molecule has 5 nitrogen and oxygen atoms in total. The van der Waals surface area contributed by atoms with Crippen LogP contribution in [0.4, 0.5) is 4.39 Å². The monoisotopic (exact) mass is 896 g/mol. The summed E-state index contributed by atoms with van der Waals surface area (Å²) < 4.78 is 44.6. The van der Waals surface area contributed by atoms with Gasteiger partial charge in [-0.3, -0.25) is 9.37 Å². The van der Waals surface area contributed by atoms with Crippen LogP contribution in [0.1, 0.15) is 92.4 Å². The van der Waals surface area contributed by atoms with Crippen LogP contribution < -0.4 is 0 Å². The molecule has 1 radical (unpaired) electrons. The van der Waals surface area contributed by atoms with Crippen LogP contribution in [0.2, 0.25) is 0 Å². The fourth-order valence-corrected chi connectivity index (χ4v) is 6.73. The van der Waals surface area contributed by atoms with Crippen molar-refractivity contribution in [3.63, 3.8) is 0 Å². The van der Waals surface area contributed by atoms with Crippen molar-refractivity contribution in [3.05, 3.63) is 143 Å². The Morgan fingerprint density at radius 2 is 1.57 bits per heavy atom. The summed E-state index contributed by atoms with van der Waals surface area (Å²) in [5.74, 6) is 0.870. The normalized spacial score (nSPS) is 12.8. The van der Waals surface area contributed by atoms with Crippen molar-refractivity contribution >= 4 is 33.1 Å². The standard InChI is InChI=1S/C31H28N3O.C16H17FN.Ir/c1-18(2)21-11-8-12-22(19(3)4)28(21)34-26-17-16-20(5)32-30(26)33-31(34)25-14-9-13-24-23-10-6-7-15-27(23)35-29(24)25;1-11-5-7-13(14(17)9-11)15-8-6-12(10-18-15)16(2,3)4;/h6-13,15-19H,1-5H3;5-6,8-10H,1-4H3;/q2*-1;/i;1D3;. The zero-order chi connectivity index (χ0) is 40.1. The molecule has 0 atom stereocenters. The minimum Gasteiger partial charge on any atom is -0.501 e. The van der Waals surface area contributed by atoms with Crippen molar-refractivity contribution in [1.29, 1.82) is 0 Å². The third-order valence-electron chi connectivity index (χ3n) is 9.57. The molecule has 8 aromatic rings. The first-order chi connectivity index (χ1) is 26.5. The molecule has 277 valence electrons. The number of aryl methyl sites for hydroxylation is 2. The largest absolute Gasteiger partial charge is 0.501 e. The van der Waals surface area contributed by atoms with Crippen molar-refractivity contribution in [2.75, 3.05) is 0 Å². The van der Waals surface area contributed by atoms with E-state index in [2.05, 4.69) is 113 Å². The number of hydrogen-bond acceptors (Lipinski definition) is 4. The van der Waals surface area contributed by atoms with Gasteiger partial charge in [0, 0.05) is 53.0 Å². The minimum atomic E-state index is -2.33. The van der Waals surface area contributed by atoms with E-state index in [4.69, 9.17) is 18.5 Å². The predicted octanol–water partition coefficient (Wildman–Crippen LogP) is 12.6. The molecule has 4 aromatic heterocycles. The van der Waals surface area contributed by atoms with E-state index in [-0.39, 0.29) is 36.6 Å². The van der Waals surface area contributed by atoms with Gasteiger partial charge in [-0.1, -0.05) is 120 Å². The quantitative estimate of drug-likeness (QED) is 0.162. The summed E-state index contributed by atoms with van der Waals surface area (Å²) in [7, 11) is 0. The second kappa shape index (κ2) is 15.4. The summed E-state index contributed by atoms with van der Waals surface area (Å²) in [6.07, 6.45) is 1.71. The van der Waals surface area contributed by atoms with Crippen LogP contribution in [-0.4, -0.2) is 19.5 Å². The Morgan fingerprint density at radius 3 is 2.22 bits per heavy atom. The van der Waals surface area contributed by atoms with E-state index in [1.165, 1.54) is 22.9 Å². The van der Waals surface area contributed by atoms with Gasteiger partial charge in [0.25, 0.3) is 0 Å². The molecule has 8 rings (SSSR count). The van der Waals surface area contributed by atoms with Crippen LogP contribution in [0.15, 0.2) is 102 Å². The molecule has 54 heavy (non-hydrogen) atoms. The van der Waals surface area contributed by atoms with Crippen LogP contribution >= 0.6 is 0 Å². The maximum atomic E-state index is 14.1. The van der Waals surface area contributed by atoms with Gasteiger partial charge in [-0.05, 0) is 64.8 Å². The molecule has 4 heterocycles. The molecule has 0 amide bonds. The Hall–Kier alpha value is -4.97. The van der Waals surface area contributed by atoms with E-state index < -0.39 is 12.7 Å². The van der Waals surface area contributed by atoms with Gasteiger partial charge in [-0.25, -0.2) is 4.98 Å². The average Bonchev–Trinajstić information content (AvgIpc) is 3.72. The van der Waals surface area contributed by atoms with Crippen molar-refractivity contribution in [3.8, 4) is 28.3 Å². The number of halogens is 1. The van der Waals surface area contributed by atoms with Gasteiger partial charge in [0.2, 0.25) is 0 Å². The molecule has 0 saturated heterocycles. The maximum Gasteiger partial charge on any atom is 0.168 e. The van der Waals surface area contributed by atoms with Crippen molar-refractivity contribution in [2.45, 2.75) is 79.5 Å². The molecular formula is C47H45FIrN4O-2. The molecule has 4 aromatic carbocycles. The number of hydrogen-bond donors (Lipinski definition) is 0. The molecule has 0 N–H and O–H groups in total. The van der Waals surface area contributed by atoms with E-state index in [1.807, 2.05) is 37.3 Å². The number of benzene rings is 4. The first-order valence-electron chi connectivity index (χ1n) is 19.5. The Balaban J connectivity index is 0.000000215. The number of para-hydroxylation sites is 2. The third-order valence-corrected chi connectivity index (χ3v) is 9.57. The van der Waals surface area contributed by atoms with E-state index in [0.29, 0.717) is 17.5 Å². The van der Waals surface area contributed by atoms with E-state index >= 15 is 0 Å². The van der Waals surface area contributed by atoms with Crippen LogP contribution in [0.3, 0.4) is 0 Å². The molecular weight excluding hydrogens is 848 g/mol. The number of fused-ring (bicyclic) bond motifs is 4. The average molecular weight is 896 g/mol. The maximum absolute atomic E-state index is 14.1. The van der Waals surface area contributed by atoms with Gasteiger partial charge in [-0.15, -0.1) is 42.0 Å². The third kappa shape index (κ3) is 7.40. The number of pyridine rings is 2. The van der Waals surface area contributed by atoms with E-state index in [0.717, 1.165) is 61.8 Å². The summed E-state index contributed by atoms with van der Waals surface area (Å²) in [4.78, 5) is 14.2. The van der Waals surface area contributed by atoms with Gasteiger partial charge < -0.3 is 14.0 Å². The Kier molecular flexibility index (Phi) is 9.92. The van der Waals surface area contributed by atoms with E-state index in [9.17, 15) is 4.39 Å². The number of imidazole rings is 1. The van der Waals surface area contributed by atoms with Gasteiger partial charge >= 0.3 is 0 Å². The fraction of sp³-hybridized carbons (Fsp3) is 0.255. The predicted molar refractivity (Wildman–Crippen MR) is 215 cm³/mol. The first-order valence-corrected chi connectivity index (χ1v) is 18.0. The second-order valence-corrected chi connectivity index (χ2v) is 15.1. The Labute approximate surface area is 335 Å². The molecule has 7 heteroatoms. The van der Waals surface area contributed by atoms with Crippen LogP contribution in [-0.2, 0) is 25.5 Å². The fourth-order valence-electron chi connectivity index (χ4n) is 6.73. The summed E-state index contributed by atoms with van der Waals surface area (Å²) in [6.45, 7) is 14.9. The number of furan rings is 1. The summed E-state index contributed by atoms with van der Waals surface area (Å²) in [5, 5.41) is 2.16. The summed E-state index contributed by atoms with van der Waals surface area (Å²) in [5.41, 5.74) is 10.5. The SMILES string of the molecule is Cc1ccc2c(n1)nc(-c1[c-]ccc3c1oc1ccccc13)n2-c1c(C(C)C)cccc1C(C)C.[2H]C([2H])([2H])c1c[c-]c(-c2ccc(C(C)(C)C)cn2)c(F)c1.[Ir]. The number of aromatic nitrogens is 4. The molecule has 0 unspecified atom stereocenters. The van der Waals surface area contributed by atoms with Crippen LogP contribution in [0, 0.1) is 31.7 Å². The molecule has 0 bridgehead atoms. The minimum absolute atomic E-state index is 0. The topological polar surface area (TPSA) is 56.7 Å². The number of nitrogens with zero attached hydrogens (tertiary/aromatic N) is 4. The number of rotatable bonds is 5. The molecule has 0 fully saturated rings. The van der Waals surface area contributed by atoms with E-state index in [1.54, 1.807) is 12.3 Å². The van der Waals surface area contributed by atoms with Crippen molar-refractivity contribution in [2.24, 2.45) is 0 Å². The van der Waals surface area contributed by atoms with Crippen molar-refractivity contribution < 1.29 is 33.0 Å². The van der Waals surface area contributed by atoms with Crippen LogP contribution in [0.25, 0.3) is 61.4 Å². The zero-order valence-electron chi connectivity index (χ0n) is 34.8. The molecule has 0 saturated carbocycles. The van der Waals surface area contributed by atoms with Gasteiger partial charge in [0.1, 0.15) is 5.58 Å². The van der Waals surface area contributed by atoms with Crippen LogP contribution in [0.5, 0.6) is 0 Å². The summed E-state index contributed by atoms with van der Waals surface area (Å²) in [6, 6.07) is 35.1. The second-order valence-electron chi connectivity index (χ2n) is 15.1. The van der Waals surface area contributed by atoms with Crippen molar-refractivity contribution in [1.82, 2.24) is 19.5 Å². The van der Waals surface area contributed by atoms with Gasteiger partial charge in [-0.2, -0.15) is 0 Å².